The normalized spacial score (nSPS) is 19.4. The van der Waals surface area contributed by atoms with Gasteiger partial charge in [0.05, 0.1) is 6.04 Å². The summed E-state index contributed by atoms with van der Waals surface area (Å²) in [4.78, 5) is 27.9. The van der Waals surface area contributed by atoms with Crippen LogP contribution in [-0.2, 0) is 4.79 Å². The van der Waals surface area contributed by atoms with Crippen LogP contribution in [0.5, 0.6) is 11.5 Å². The van der Waals surface area contributed by atoms with Crippen LogP contribution in [0.4, 0.5) is 5.69 Å². The number of aliphatic carboxylic acids is 1. The summed E-state index contributed by atoms with van der Waals surface area (Å²) in [6.45, 7) is 4.88. The highest BCUT2D eigenvalue weighted by Gasteiger charge is 2.45. The van der Waals surface area contributed by atoms with Gasteiger partial charge in [-0.25, -0.2) is 0 Å². The highest BCUT2D eigenvalue weighted by Crippen LogP contribution is 2.47. The predicted molar refractivity (Wildman–Crippen MR) is 120 cm³/mol. The number of ether oxygens (including phenoxy) is 2. The molecule has 1 N–H and O–H groups in total. The van der Waals surface area contributed by atoms with Crippen LogP contribution in [0.15, 0.2) is 60.7 Å². The number of nitrogens with zero attached hydrogens (tertiary/aromatic N) is 1. The third-order valence-corrected chi connectivity index (χ3v) is 6.28. The van der Waals surface area contributed by atoms with E-state index in [1.165, 1.54) is 0 Å². The number of amides is 1. The Bertz CT molecular complexity index is 1230. The third kappa shape index (κ3) is 3.19. The molecule has 0 saturated heterocycles. The van der Waals surface area contributed by atoms with Crippen LogP contribution in [0.25, 0.3) is 0 Å². The molecule has 0 bridgehead atoms. The van der Waals surface area contributed by atoms with Gasteiger partial charge in [-0.05, 0) is 66.4 Å². The van der Waals surface area contributed by atoms with E-state index in [1.54, 1.807) is 41.3 Å². The summed E-state index contributed by atoms with van der Waals surface area (Å²) in [5.74, 6) is -0.968. The number of aryl methyl sites for hydroxylation is 2. The van der Waals surface area contributed by atoms with Gasteiger partial charge < -0.3 is 14.6 Å². The molecule has 0 unspecified atom stereocenters. The first-order valence-corrected chi connectivity index (χ1v) is 10.6. The molecule has 1 amide bonds. The second-order valence-corrected chi connectivity index (χ2v) is 8.19. The van der Waals surface area contributed by atoms with Crippen LogP contribution >= 0.6 is 0 Å². The number of carboxylic acid groups (broad SMARTS) is 1. The van der Waals surface area contributed by atoms with E-state index in [0.717, 1.165) is 11.1 Å². The lowest BCUT2D eigenvalue weighted by Gasteiger charge is -2.41. The summed E-state index contributed by atoms with van der Waals surface area (Å²) in [5, 5.41) is 10.3. The average molecular weight is 429 g/mol. The lowest BCUT2D eigenvalue weighted by Crippen LogP contribution is -2.45. The quantitative estimate of drug-likeness (QED) is 0.656. The van der Waals surface area contributed by atoms with Gasteiger partial charge in [-0.1, -0.05) is 30.3 Å². The Labute approximate surface area is 186 Å². The number of carboxylic acids is 1. The van der Waals surface area contributed by atoms with Crippen molar-refractivity contribution < 1.29 is 24.2 Å². The van der Waals surface area contributed by atoms with Gasteiger partial charge in [0.15, 0.2) is 11.5 Å². The Kier molecular flexibility index (Phi) is 4.85. The summed E-state index contributed by atoms with van der Waals surface area (Å²) >= 11 is 0. The summed E-state index contributed by atoms with van der Waals surface area (Å²) < 4.78 is 11.4. The smallest absolute Gasteiger partial charge is 0.313 e. The number of rotatable bonds is 3. The Morgan fingerprint density at radius 3 is 2.44 bits per heavy atom. The van der Waals surface area contributed by atoms with Crippen molar-refractivity contribution in [3.8, 4) is 11.5 Å². The van der Waals surface area contributed by atoms with Crippen molar-refractivity contribution in [1.29, 1.82) is 0 Å². The zero-order valence-corrected chi connectivity index (χ0v) is 17.9. The van der Waals surface area contributed by atoms with Crippen LogP contribution in [-0.4, -0.2) is 30.2 Å². The summed E-state index contributed by atoms with van der Waals surface area (Å²) in [6, 6.07) is 17.4. The topological polar surface area (TPSA) is 76.1 Å². The van der Waals surface area contributed by atoms with E-state index in [-0.39, 0.29) is 5.91 Å². The highest BCUT2D eigenvalue weighted by molar-refractivity contribution is 6.11. The van der Waals surface area contributed by atoms with E-state index in [0.29, 0.717) is 47.1 Å². The minimum absolute atomic E-state index is 0.221. The highest BCUT2D eigenvalue weighted by atomic mass is 16.6. The van der Waals surface area contributed by atoms with E-state index >= 15 is 0 Å². The van der Waals surface area contributed by atoms with Crippen LogP contribution in [0.3, 0.4) is 0 Å². The summed E-state index contributed by atoms with van der Waals surface area (Å²) in [7, 11) is 0. The molecule has 0 saturated carbocycles. The fraction of sp³-hybridized carbons (Fsp3) is 0.231. The van der Waals surface area contributed by atoms with E-state index in [4.69, 9.17) is 9.47 Å². The zero-order chi connectivity index (χ0) is 22.4. The fourth-order valence-electron chi connectivity index (χ4n) is 4.55. The van der Waals surface area contributed by atoms with E-state index in [1.807, 2.05) is 38.1 Å². The summed E-state index contributed by atoms with van der Waals surface area (Å²) in [5.41, 5.74) is 4.41. The lowest BCUT2D eigenvalue weighted by molar-refractivity contribution is -0.139. The molecule has 0 fully saturated rings. The van der Waals surface area contributed by atoms with Crippen LogP contribution in [0.1, 0.15) is 44.6 Å². The lowest BCUT2D eigenvalue weighted by atomic mass is 9.79. The molecule has 5 rings (SSSR count). The molecule has 0 aliphatic carbocycles. The van der Waals surface area contributed by atoms with Crippen LogP contribution in [0.2, 0.25) is 0 Å². The van der Waals surface area contributed by atoms with Gasteiger partial charge in [0, 0.05) is 11.3 Å². The van der Waals surface area contributed by atoms with Crippen molar-refractivity contribution >= 4 is 17.6 Å². The first-order chi connectivity index (χ1) is 15.5. The van der Waals surface area contributed by atoms with Gasteiger partial charge in [0.1, 0.15) is 19.1 Å². The molecular formula is C26H23NO5. The number of carbonyl (C=O) groups is 2. The monoisotopic (exact) mass is 429 g/mol. The maximum absolute atomic E-state index is 13.7. The van der Waals surface area contributed by atoms with E-state index in [9.17, 15) is 14.7 Å². The largest absolute Gasteiger partial charge is 0.486 e. The average Bonchev–Trinajstić information content (AvgIpc) is 2.80. The number of carbonyl (C=O) groups excluding carboxylic acids is 1. The minimum atomic E-state index is -0.987. The minimum Gasteiger partial charge on any atom is -0.486 e. The molecule has 32 heavy (non-hydrogen) atoms. The molecule has 0 radical (unpaired) electrons. The molecule has 0 spiro atoms. The second kappa shape index (κ2) is 7.71. The first kappa shape index (κ1) is 20.1. The summed E-state index contributed by atoms with van der Waals surface area (Å²) in [6.07, 6.45) is 0. The number of fused-ring (bicyclic) bond motifs is 2. The standard InChI is InChI=1S/C26H23NO5/c1-15-7-9-18(13-16(15)2)27-24(17-8-10-21-22(14-17)32-12-11-31-21)23(26(29)30)19-5-3-4-6-20(19)25(27)28/h3-10,13-14,23-24H,11-12H2,1-2H3,(H,29,30)/t23-,24+/m1/s1. The first-order valence-electron chi connectivity index (χ1n) is 10.6. The second-order valence-electron chi connectivity index (χ2n) is 8.19. The third-order valence-electron chi connectivity index (χ3n) is 6.28. The van der Waals surface area contributed by atoms with Gasteiger partial charge in [0.2, 0.25) is 0 Å². The Balaban J connectivity index is 1.74. The molecule has 6 nitrogen and oxygen atoms in total. The number of benzene rings is 3. The van der Waals surface area contributed by atoms with Crippen molar-refractivity contribution in [3.63, 3.8) is 0 Å². The fourth-order valence-corrected chi connectivity index (χ4v) is 4.55. The number of hydrogen-bond donors (Lipinski definition) is 1. The molecular weight excluding hydrogens is 406 g/mol. The van der Waals surface area contributed by atoms with Crippen molar-refractivity contribution in [3.05, 3.63) is 88.5 Å². The molecule has 3 aromatic carbocycles. The molecule has 6 heteroatoms. The SMILES string of the molecule is Cc1ccc(N2C(=O)c3ccccc3[C@@H](C(=O)O)[C@@H]2c2ccc3c(c2)OCCO3)cc1C. The number of hydrogen-bond acceptors (Lipinski definition) is 4. The number of anilines is 1. The predicted octanol–water partition coefficient (Wildman–Crippen LogP) is 4.64. The van der Waals surface area contributed by atoms with Crippen molar-refractivity contribution in [1.82, 2.24) is 0 Å². The van der Waals surface area contributed by atoms with E-state index < -0.39 is 17.9 Å². The molecule has 3 aromatic rings. The Morgan fingerprint density at radius 1 is 0.938 bits per heavy atom. The van der Waals surface area contributed by atoms with Gasteiger partial charge in [-0.2, -0.15) is 0 Å². The molecule has 0 aromatic heterocycles. The maximum Gasteiger partial charge on any atom is 0.313 e. The van der Waals surface area contributed by atoms with Gasteiger partial charge in [0.25, 0.3) is 5.91 Å². The van der Waals surface area contributed by atoms with E-state index in [2.05, 4.69) is 0 Å². The van der Waals surface area contributed by atoms with Gasteiger partial charge in [-0.15, -0.1) is 0 Å². The molecule has 2 aliphatic rings. The van der Waals surface area contributed by atoms with Gasteiger partial charge in [-0.3, -0.25) is 14.5 Å². The van der Waals surface area contributed by atoms with Crippen molar-refractivity contribution in [2.24, 2.45) is 0 Å². The molecule has 162 valence electrons. The zero-order valence-electron chi connectivity index (χ0n) is 17.9. The van der Waals surface area contributed by atoms with Crippen LogP contribution in [0, 0.1) is 13.8 Å². The van der Waals surface area contributed by atoms with Crippen LogP contribution < -0.4 is 14.4 Å². The maximum atomic E-state index is 13.7. The molecule has 2 heterocycles. The Morgan fingerprint density at radius 2 is 1.69 bits per heavy atom. The molecule has 2 aliphatic heterocycles. The molecule has 2 atom stereocenters. The van der Waals surface area contributed by atoms with Crippen molar-refractivity contribution in [2.75, 3.05) is 18.1 Å². The van der Waals surface area contributed by atoms with Crippen molar-refractivity contribution in [2.45, 2.75) is 25.8 Å². The Hall–Kier alpha value is -3.80. The van der Waals surface area contributed by atoms with Gasteiger partial charge >= 0.3 is 5.97 Å².